The summed E-state index contributed by atoms with van der Waals surface area (Å²) in [5.41, 5.74) is 0.999. The number of rotatable bonds is 5. The van der Waals surface area contributed by atoms with Crippen molar-refractivity contribution in [2.45, 2.75) is 11.8 Å². The van der Waals surface area contributed by atoms with E-state index in [1.165, 1.54) is 18.2 Å². The summed E-state index contributed by atoms with van der Waals surface area (Å²) in [7, 11) is -3.78. The molecule has 1 aliphatic heterocycles. The number of para-hydroxylation sites is 1. The molecule has 0 spiro atoms. The zero-order chi connectivity index (χ0) is 22.0. The Balaban J connectivity index is 1.44. The molecule has 1 fully saturated rings. The molecule has 1 saturated heterocycles. The van der Waals surface area contributed by atoms with Crippen molar-refractivity contribution < 1.29 is 17.6 Å². The van der Waals surface area contributed by atoms with Gasteiger partial charge in [-0.1, -0.05) is 41.7 Å². The summed E-state index contributed by atoms with van der Waals surface area (Å²) in [4.78, 5) is 21.4. The number of sulfonamides is 1. The Morgan fingerprint density at radius 2 is 1.68 bits per heavy atom. The maximum absolute atomic E-state index is 14.0. The number of halogens is 1. The molecule has 10 heteroatoms. The number of aromatic nitrogens is 1. The van der Waals surface area contributed by atoms with Gasteiger partial charge in [-0.25, -0.2) is 17.8 Å². The van der Waals surface area contributed by atoms with E-state index in [1.807, 2.05) is 4.90 Å². The third kappa shape index (κ3) is 4.54. The van der Waals surface area contributed by atoms with Gasteiger partial charge in [0.05, 0.1) is 16.3 Å². The van der Waals surface area contributed by atoms with Crippen molar-refractivity contribution in [3.05, 3.63) is 71.0 Å². The minimum atomic E-state index is -3.78. The van der Waals surface area contributed by atoms with Gasteiger partial charge in [0, 0.05) is 26.2 Å². The van der Waals surface area contributed by atoms with Gasteiger partial charge in [-0.15, -0.1) is 0 Å². The van der Waals surface area contributed by atoms with E-state index in [-0.39, 0.29) is 21.8 Å². The van der Waals surface area contributed by atoms with Crippen molar-refractivity contribution in [3.63, 3.8) is 0 Å². The van der Waals surface area contributed by atoms with Crippen LogP contribution in [0, 0.1) is 12.7 Å². The lowest BCUT2D eigenvalue weighted by atomic mass is 10.2. The van der Waals surface area contributed by atoms with Crippen LogP contribution >= 0.6 is 11.3 Å². The summed E-state index contributed by atoms with van der Waals surface area (Å²) in [5.74, 6) is -0.482. The molecule has 1 aliphatic rings. The minimum absolute atomic E-state index is 0.125. The first-order chi connectivity index (χ1) is 14.8. The van der Waals surface area contributed by atoms with Crippen LogP contribution in [-0.4, -0.2) is 50.4 Å². The monoisotopic (exact) mass is 460 g/mol. The smallest absolute Gasteiger partial charge is 0.266 e. The van der Waals surface area contributed by atoms with E-state index in [4.69, 9.17) is 0 Å². The van der Waals surface area contributed by atoms with E-state index >= 15 is 0 Å². The number of aryl methyl sites for hydroxylation is 1. The maximum atomic E-state index is 14.0. The molecule has 1 aromatic heterocycles. The summed E-state index contributed by atoms with van der Waals surface area (Å²) in [6, 6.07) is 14.6. The van der Waals surface area contributed by atoms with Crippen LogP contribution in [-0.2, 0) is 10.0 Å². The summed E-state index contributed by atoms with van der Waals surface area (Å²) in [6.45, 7) is 3.58. The van der Waals surface area contributed by atoms with Crippen molar-refractivity contribution in [2.75, 3.05) is 35.8 Å². The van der Waals surface area contributed by atoms with Gasteiger partial charge < -0.3 is 9.80 Å². The predicted octanol–water partition coefficient (Wildman–Crippen LogP) is 3.35. The number of nitrogens with zero attached hydrogens (tertiary/aromatic N) is 3. The van der Waals surface area contributed by atoms with E-state index in [9.17, 15) is 17.6 Å². The Morgan fingerprint density at radius 1 is 1.03 bits per heavy atom. The fourth-order valence-electron chi connectivity index (χ4n) is 3.41. The second kappa shape index (κ2) is 8.64. The van der Waals surface area contributed by atoms with Gasteiger partial charge >= 0.3 is 0 Å². The largest absolute Gasteiger partial charge is 0.366 e. The number of piperazine rings is 1. The fraction of sp³-hybridized carbons (Fsp3) is 0.238. The second-order valence-corrected chi connectivity index (χ2v) is 9.76. The first kappa shape index (κ1) is 21.3. The maximum Gasteiger partial charge on any atom is 0.266 e. The SMILES string of the molecule is Cc1nc(NS(=O)(=O)c2ccccc2)sc1C(=O)N1CCN(c2ccccc2F)CC1. The van der Waals surface area contributed by atoms with E-state index in [2.05, 4.69) is 9.71 Å². The first-order valence-corrected chi connectivity index (χ1v) is 12.0. The molecule has 0 radical (unpaired) electrons. The molecule has 0 atom stereocenters. The highest BCUT2D eigenvalue weighted by atomic mass is 32.2. The number of carbonyl (C=O) groups is 1. The van der Waals surface area contributed by atoms with Crippen molar-refractivity contribution in [1.29, 1.82) is 0 Å². The third-order valence-electron chi connectivity index (χ3n) is 5.03. The average Bonchev–Trinajstić information content (AvgIpc) is 3.13. The summed E-state index contributed by atoms with van der Waals surface area (Å²) < 4.78 is 41.5. The lowest BCUT2D eigenvalue weighted by molar-refractivity contribution is 0.0750. The molecule has 0 aliphatic carbocycles. The quantitative estimate of drug-likeness (QED) is 0.631. The van der Waals surface area contributed by atoms with Gasteiger partial charge in [0.1, 0.15) is 10.7 Å². The molecule has 1 N–H and O–H groups in total. The van der Waals surface area contributed by atoms with Crippen LogP contribution in [0.5, 0.6) is 0 Å². The Kier molecular flexibility index (Phi) is 5.92. The molecule has 3 aromatic rings. The molecule has 1 amide bonds. The van der Waals surface area contributed by atoms with E-state index in [0.29, 0.717) is 42.4 Å². The molecule has 162 valence electrons. The molecule has 7 nitrogen and oxygen atoms in total. The van der Waals surface area contributed by atoms with Gasteiger partial charge in [-0.2, -0.15) is 0 Å². The second-order valence-electron chi connectivity index (χ2n) is 7.08. The summed E-state index contributed by atoms with van der Waals surface area (Å²) in [6.07, 6.45) is 0. The third-order valence-corrected chi connectivity index (χ3v) is 7.57. The van der Waals surface area contributed by atoms with Gasteiger partial charge in [-0.05, 0) is 31.2 Å². The van der Waals surface area contributed by atoms with E-state index < -0.39 is 10.0 Å². The molecule has 2 heterocycles. The standard InChI is InChI=1S/C21H21FN4O3S2/c1-15-19(30-21(23-15)24-31(28,29)16-7-3-2-4-8-16)20(27)26-13-11-25(12-14-26)18-10-6-5-9-17(18)22/h2-10H,11-14H2,1H3,(H,23,24). The molecular weight excluding hydrogens is 439 g/mol. The van der Waals surface area contributed by atoms with Gasteiger partial charge in [-0.3, -0.25) is 9.52 Å². The Bertz CT molecular complexity index is 1190. The fourth-order valence-corrected chi connectivity index (χ4v) is 5.60. The molecule has 31 heavy (non-hydrogen) atoms. The van der Waals surface area contributed by atoms with Crippen molar-refractivity contribution in [2.24, 2.45) is 0 Å². The van der Waals surface area contributed by atoms with Gasteiger partial charge in [0.2, 0.25) is 0 Å². The summed E-state index contributed by atoms with van der Waals surface area (Å²) >= 11 is 1.02. The van der Waals surface area contributed by atoms with E-state index in [1.54, 1.807) is 48.2 Å². The van der Waals surface area contributed by atoms with Crippen LogP contribution < -0.4 is 9.62 Å². The van der Waals surface area contributed by atoms with Crippen LogP contribution in [0.25, 0.3) is 0 Å². The topological polar surface area (TPSA) is 82.6 Å². The average molecular weight is 461 g/mol. The van der Waals surface area contributed by atoms with Gasteiger partial charge in [0.15, 0.2) is 5.13 Å². The molecule has 4 rings (SSSR count). The number of nitrogens with one attached hydrogen (secondary N) is 1. The van der Waals surface area contributed by atoms with E-state index in [0.717, 1.165) is 11.3 Å². The van der Waals surface area contributed by atoms with Crippen LogP contribution in [0.15, 0.2) is 59.5 Å². The van der Waals surface area contributed by atoms with Crippen LogP contribution in [0.2, 0.25) is 0 Å². The van der Waals surface area contributed by atoms with Crippen molar-refractivity contribution >= 4 is 38.1 Å². The number of anilines is 2. The van der Waals surface area contributed by atoms with Crippen molar-refractivity contribution in [1.82, 2.24) is 9.88 Å². The van der Waals surface area contributed by atoms with Crippen molar-refractivity contribution in [3.8, 4) is 0 Å². The van der Waals surface area contributed by atoms with Gasteiger partial charge in [0.25, 0.3) is 15.9 Å². The highest BCUT2D eigenvalue weighted by Gasteiger charge is 2.27. The number of hydrogen-bond donors (Lipinski definition) is 1. The number of carbonyl (C=O) groups excluding carboxylic acids is 1. The molecule has 0 saturated carbocycles. The Labute approximate surface area is 184 Å². The lowest BCUT2D eigenvalue weighted by Gasteiger charge is -2.36. The van der Waals surface area contributed by atoms with Crippen LogP contribution in [0.4, 0.5) is 15.2 Å². The number of thiazole rings is 1. The predicted molar refractivity (Wildman–Crippen MR) is 119 cm³/mol. The molecule has 0 bridgehead atoms. The van der Waals surface area contributed by atoms with Crippen LogP contribution in [0.1, 0.15) is 15.4 Å². The summed E-state index contributed by atoms with van der Waals surface area (Å²) in [5, 5.41) is 0.148. The van der Waals surface area contributed by atoms with Crippen LogP contribution in [0.3, 0.4) is 0 Å². The zero-order valence-electron chi connectivity index (χ0n) is 16.8. The minimum Gasteiger partial charge on any atom is -0.366 e. The molecule has 0 unspecified atom stereocenters. The highest BCUT2D eigenvalue weighted by molar-refractivity contribution is 7.93. The molecule has 2 aromatic carbocycles. The Hall–Kier alpha value is -2.98. The lowest BCUT2D eigenvalue weighted by Crippen LogP contribution is -2.49. The Morgan fingerprint density at radius 3 is 2.35 bits per heavy atom. The highest BCUT2D eigenvalue weighted by Crippen LogP contribution is 2.27. The first-order valence-electron chi connectivity index (χ1n) is 9.69. The molecular formula is C21H21FN4O3S2. The zero-order valence-corrected chi connectivity index (χ0v) is 18.4. The number of benzene rings is 2. The number of hydrogen-bond acceptors (Lipinski definition) is 6. The number of amides is 1. The normalized spacial score (nSPS) is 14.5.